The van der Waals surface area contributed by atoms with Crippen molar-refractivity contribution in [1.29, 1.82) is 0 Å². The average Bonchev–Trinajstić information content (AvgIpc) is 3.32. The van der Waals surface area contributed by atoms with Crippen LogP contribution < -0.4 is 0 Å². The Morgan fingerprint density at radius 2 is 1.06 bits per heavy atom. The lowest BCUT2D eigenvalue weighted by molar-refractivity contribution is 0.476. The molecule has 0 aromatic heterocycles. The van der Waals surface area contributed by atoms with Crippen LogP contribution >= 0.6 is 0 Å². The Bertz CT molecular complexity index is 1750. The summed E-state index contributed by atoms with van der Waals surface area (Å²) < 4.78 is 0. The Kier molecular flexibility index (Phi) is 4.75. The van der Waals surface area contributed by atoms with Gasteiger partial charge in [-0.3, -0.25) is 0 Å². The molecule has 1 aliphatic carbocycles. The SMILES string of the molecule is Oc1ccc2cc(-c3ccc4c(c3-c3ccccc3)Cc3c(-c5ccccc5)cccc3-4)ccc2c1. The van der Waals surface area contributed by atoms with Gasteiger partial charge in [-0.1, -0.05) is 109 Å². The van der Waals surface area contributed by atoms with Gasteiger partial charge in [-0.25, -0.2) is 0 Å². The van der Waals surface area contributed by atoms with Gasteiger partial charge in [-0.05, 0) is 91.0 Å². The van der Waals surface area contributed by atoms with E-state index in [4.69, 9.17) is 0 Å². The molecule has 0 saturated carbocycles. The predicted molar refractivity (Wildman–Crippen MR) is 150 cm³/mol. The maximum absolute atomic E-state index is 9.91. The molecule has 1 aliphatic rings. The lowest BCUT2D eigenvalue weighted by Crippen LogP contribution is -1.93. The van der Waals surface area contributed by atoms with Crippen LogP contribution in [0.5, 0.6) is 5.75 Å². The standard InChI is InChI=1S/C35H24O/c36-28-17-16-25-20-27(15-14-26(25)21-28)30-18-19-32-31-13-7-12-29(23-8-3-1-4-9-23)33(31)22-34(32)35(30)24-10-5-2-6-11-24/h1-21,36H,22H2. The van der Waals surface area contributed by atoms with Crippen LogP contribution in [-0.2, 0) is 6.42 Å². The lowest BCUT2D eigenvalue weighted by Gasteiger charge is -2.16. The van der Waals surface area contributed by atoms with E-state index >= 15 is 0 Å². The highest BCUT2D eigenvalue weighted by atomic mass is 16.3. The first-order valence-corrected chi connectivity index (χ1v) is 12.4. The van der Waals surface area contributed by atoms with Crippen molar-refractivity contribution in [3.63, 3.8) is 0 Å². The number of phenols is 1. The Morgan fingerprint density at radius 1 is 0.417 bits per heavy atom. The number of fused-ring (bicyclic) bond motifs is 4. The zero-order valence-electron chi connectivity index (χ0n) is 19.8. The van der Waals surface area contributed by atoms with Crippen LogP contribution in [0.1, 0.15) is 11.1 Å². The highest BCUT2D eigenvalue weighted by Crippen LogP contribution is 2.48. The summed E-state index contributed by atoms with van der Waals surface area (Å²) >= 11 is 0. The van der Waals surface area contributed by atoms with Crippen LogP contribution in [0, 0.1) is 0 Å². The summed E-state index contributed by atoms with van der Waals surface area (Å²) in [5.41, 5.74) is 13.0. The van der Waals surface area contributed by atoms with Crippen LogP contribution in [-0.4, -0.2) is 5.11 Å². The fourth-order valence-corrected chi connectivity index (χ4v) is 5.75. The van der Waals surface area contributed by atoms with Crippen LogP contribution in [0.25, 0.3) is 55.3 Å². The van der Waals surface area contributed by atoms with Gasteiger partial charge in [0, 0.05) is 0 Å². The van der Waals surface area contributed by atoms with Crippen molar-refractivity contribution in [1.82, 2.24) is 0 Å². The van der Waals surface area contributed by atoms with E-state index in [9.17, 15) is 5.11 Å². The zero-order chi connectivity index (χ0) is 24.1. The van der Waals surface area contributed by atoms with Crippen LogP contribution in [0.4, 0.5) is 0 Å². The molecule has 0 fully saturated rings. The molecule has 0 amide bonds. The highest BCUT2D eigenvalue weighted by Gasteiger charge is 2.26. The molecule has 0 unspecified atom stereocenters. The molecular weight excluding hydrogens is 436 g/mol. The largest absolute Gasteiger partial charge is 0.508 e. The third kappa shape index (κ3) is 3.32. The third-order valence-corrected chi connectivity index (χ3v) is 7.41. The van der Waals surface area contributed by atoms with Gasteiger partial charge >= 0.3 is 0 Å². The van der Waals surface area contributed by atoms with Crippen molar-refractivity contribution >= 4 is 10.8 Å². The summed E-state index contributed by atoms with van der Waals surface area (Å²) in [6, 6.07) is 44.9. The second-order valence-corrected chi connectivity index (χ2v) is 9.50. The molecule has 170 valence electrons. The Balaban J connectivity index is 1.46. The van der Waals surface area contributed by atoms with Gasteiger partial charge in [-0.15, -0.1) is 0 Å². The number of benzene rings is 6. The fraction of sp³-hybridized carbons (Fsp3) is 0.0286. The summed E-state index contributed by atoms with van der Waals surface area (Å²) in [5, 5.41) is 12.1. The van der Waals surface area contributed by atoms with E-state index in [1.807, 2.05) is 12.1 Å². The Labute approximate surface area is 210 Å². The van der Waals surface area contributed by atoms with E-state index in [-0.39, 0.29) is 0 Å². The van der Waals surface area contributed by atoms with Crippen molar-refractivity contribution in [2.45, 2.75) is 6.42 Å². The summed E-state index contributed by atoms with van der Waals surface area (Å²) in [7, 11) is 0. The van der Waals surface area contributed by atoms with Gasteiger partial charge in [-0.2, -0.15) is 0 Å². The van der Waals surface area contributed by atoms with Gasteiger partial charge in [0.1, 0.15) is 5.75 Å². The van der Waals surface area contributed by atoms with Gasteiger partial charge in [0.15, 0.2) is 0 Å². The minimum Gasteiger partial charge on any atom is -0.508 e. The molecule has 0 radical (unpaired) electrons. The fourth-order valence-electron chi connectivity index (χ4n) is 5.75. The van der Waals surface area contributed by atoms with E-state index in [0.717, 1.165) is 17.2 Å². The Hall–Kier alpha value is -4.62. The smallest absolute Gasteiger partial charge is 0.116 e. The molecular formula is C35H24O. The number of hydrogen-bond acceptors (Lipinski definition) is 1. The van der Waals surface area contributed by atoms with E-state index in [2.05, 4.69) is 109 Å². The van der Waals surface area contributed by atoms with Crippen LogP contribution in [0.2, 0.25) is 0 Å². The number of rotatable bonds is 3. The summed E-state index contributed by atoms with van der Waals surface area (Å²) in [5.74, 6) is 0.296. The molecule has 0 heterocycles. The first-order valence-electron chi connectivity index (χ1n) is 12.4. The second kappa shape index (κ2) is 8.25. The minimum absolute atomic E-state index is 0.296. The molecule has 0 bridgehead atoms. The van der Waals surface area contributed by atoms with E-state index in [0.29, 0.717) is 5.75 Å². The maximum Gasteiger partial charge on any atom is 0.116 e. The van der Waals surface area contributed by atoms with Crippen molar-refractivity contribution < 1.29 is 5.11 Å². The molecule has 0 spiro atoms. The van der Waals surface area contributed by atoms with Gasteiger partial charge in [0.25, 0.3) is 0 Å². The van der Waals surface area contributed by atoms with E-state index in [1.54, 1.807) is 6.07 Å². The molecule has 7 rings (SSSR count). The predicted octanol–water partition coefficient (Wildman–Crippen LogP) is 9.12. The molecule has 1 N–H and O–H groups in total. The first kappa shape index (κ1) is 20.7. The monoisotopic (exact) mass is 460 g/mol. The molecule has 0 saturated heterocycles. The summed E-state index contributed by atoms with van der Waals surface area (Å²) in [6.45, 7) is 0. The number of hydrogen-bond donors (Lipinski definition) is 1. The quantitative estimate of drug-likeness (QED) is 0.279. The average molecular weight is 461 g/mol. The second-order valence-electron chi connectivity index (χ2n) is 9.50. The van der Waals surface area contributed by atoms with Crippen molar-refractivity contribution in [3.8, 4) is 50.3 Å². The number of phenolic OH excluding ortho intramolecular Hbond substituents is 1. The highest BCUT2D eigenvalue weighted by molar-refractivity contribution is 5.97. The molecule has 6 aromatic rings. The number of aromatic hydroxyl groups is 1. The van der Waals surface area contributed by atoms with Crippen molar-refractivity contribution in [3.05, 3.63) is 139 Å². The summed E-state index contributed by atoms with van der Waals surface area (Å²) in [4.78, 5) is 0. The lowest BCUT2D eigenvalue weighted by atomic mass is 9.87. The molecule has 0 atom stereocenters. The van der Waals surface area contributed by atoms with Crippen molar-refractivity contribution in [2.24, 2.45) is 0 Å². The molecule has 0 aliphatic heterocycles. The first-order chi connectivity index (χ1) is 17.8. The minimum atomic E-state index is 0.296. The molecule has 36 heavy (non-hydrogen) atoms. The topological polar surface area (TPSA) is 20.2 Å². The maximum atomic E-state index is 9.91. The van der Waals surface area contributed by atoms with Gasteiger partial charge in [0.05, 0.1) is 0 Å². The van der Waals surface area contributed by atoms with Gasteiger partial charge < -0.3 is 5.11 Å². The molecule has 6 aromatic carbocycles. The molecule has 1 nitrogen and oxygen atoms in total. The van der Waals surface area contributed by atoms with E-state index < -0.39 is 0 Å². The van der Waals surface area contributed by atoms with E-state index in [1.165, 1.54) is 55.6 Å². The third-order valence-electron chi connectivity index (χ3n) is 7.41. The summed E-state index contributed by atoms with van der Waals surface area (Å²) in [6.07, 6.45) is 0.912. The van der Waals surface area contributed by atoms with Gasteiger partial charge in [0.2, 0.25) is 0 Å². The van der Waals surface area contributed by atoms with Crippen LogP contribution in [0.3, 0.4) is 0 Å². The molecule has 1 heteroatoms. The Morgan fingerprint density at radius 3 is 1.86 bits per heavy atom. The van der Waals surface area contributed by atoms with Crippen LogP contribution in [0.15, 0.2) is 127 Å². The zero-order valence-corrected chi connectivity index (χ0v) is 19.8. The van der Waals surface area contributed by atoms with Crippen molar-refractivity contribution in [2.75, 3.05) is 0 Å². The normalized spacial score (nSPS) is 11.9.